The molecule has 1 aromatic carbocycles. The number of rotatable bonds is 2. The van der Waals surface area contributed by atoms with E-state index in [-0.39, 0.29) is 11.8 Å². The molecule has 1 atom stereocenters. The number of Topliss-reactive ketones (excluding diaryl/α,β-unsaturated/α-hetero) is 1. The number of ketones is 1. The predicted octanol–water partition coefficient (Wildman–Crippen LogP) is 4.17. The topological polar surface area (TPSA) is 43.4 Å². The number of hydrogen-bond acceptors (Lipinski definition) is 3. The van der Waals surface area contributed by atoms with Crippen LogP contribution in [-0.4, -0.2) is 17.9 Å². The molecule has 1 saturated carbocycles. The van der Waals surface area contributed by atoms with Crippen LogP contribution in [0.3, 0.4) is 0 Å². The van der Waals surface area contributed by atoms with E-state index in [0.717, 1.165) is 24.8 Å². The summed E-state index contributed by atoms with van der Waals surface area (Å²) in [5, 5.41) is 0. The first kappa shape index (κ1) is 16.0. The molecule has 3 nitrogen and oxygen atoms in total. The van der Waals surface area contributed by atoms with Crippen molar-refractivity contribution in [1.82, 2.24) is 0 Å². The second-order valence-electron chi connectivity index (χ2n) is 7.29. The van der Waals surface area contributed by atoms with Gasteiger partial charge in [0.05, 0.1) is 5.41 Å². The highest BCUT2D eigenvalue weighted by Crippen LogP contribution is 2.48. The van der Waals surface area contributed by atoms with Gasteiger partial charge in [-0.2, -0.15) is 0 Å². The number of ether oxygens (including phenoxy) is 1. The molecule has 3 rings (SSSR count). The molecule has 1 aliphatic heterocycles. The van der Waals surface area contributed by atoms with Crippen LogP contribution >= 0.6 is 0 Å². The van der Waals surface area contributed by atoms with Crippen LogP contribution in [0.1, 0.15) is 51.5 Å². The largest absolute Gasteiger partial charge is 0.456 e. The van der Waals surface area contributed by atoms with Crippen molar-refractivity contribution in [3.05, 3.63) is 42.0 Å². The Bertz CT molecular complexity index is 622. The summed E-state index contributed by atoms with van der Waals surface area (Å²) >= 11 is 0. The van der Waals surface area contributed by atoms with Gasteiger partial charge in [0.2, 0.25) is 0 Å². The Labute approximate surface area is 137 Å². The Morgan fingerprint density at radius 1 is 1.04 bits per heavy atom. The van der Waals surface area contributed by atoms with E-state index in [2.05, 4.69) is 0 Å². The Kier molecular flexibility index (Phi) is 4.13. The zero-order chi connectivity index (χ0) is 16.5. The summed E-state index contributed by atoms with van der Waals surface area (Å²) in [4.78, 5) is 25.7. The van der Waals surface area contributed by atoms with Crippen LogP contribution in [-0.2, 0) is 14.3 Å². The van der Waals surface area contributed by atoms with E-state index < -0.39 is 16.9 Å². The van der Waals surface area contributed by atoms with Gasteiger partial charge in [0.1, 0.15) is 11.5 Å². The molecule has 1 saturated heterocycles. The number of hydrogen-bond donors (Lipinski definition) is 0. The third-order valence-corrected chi connectivity index (χ3v) is 5.33. The Morgan fingerprint density at radius 2 is 1.70 bits per heavy atom. The lowest BCUT2D eigenvalue weighted by Crippen LogP contribution is -2.58. The highest BCUT2D eigenvalue weighted by molar-refractivity contribution is 6.08. The van der Waals surface area contributed by atoms with Gasteiger partial charge >= 0.3 is 5.97 Å². The van der Waals surface area contributed by atoms with Crippen LogP contribution in [0.25, 0.3) is 6.08 Å². The summed E-state index contributed by atoms with van der Waals surface area (Å²) in [6, 6.07) is 9.84. The van der Waals surface area contributed by atoms with Crippen molar-refractivity contribution >= 4 is 17.8 Å². The summed E-state index contributed by atoms with van der Waals surface area (Å²) in [5.41, 5.74) is -0.542. The second-order valence-corrected chi connectivity index (χ2v) is 7.29. The molecule has 0 amide bonds. The molecule has 1 spiro atoms. The van der Waals surface area contributed by atoms with Gasteiger partial charge in [0.15, 0.2) is 5.78 Å². The third kappa shape index (κ3) is 2.73. The average Bonchev–Trinajstić information content (AvgIpc) is 2.58. The van der Waals surface area contributed by atoms with E-state index in [1.807, 2.05) is 56.3 Å². The Morgan fingerprint density at radius 3 is 2.35 bits per heavy atom. The molecule has 122 valence electrons. The summed E-state index contributed by atoms with van der Waals surface area (Å²) < 4.78 is 5.74. The first-order valence-electron chi connectivity index (χ1n) is 8.46. The van der Waals surface area contributed by atoms with E-state index in [1.54, 1.807) is 0 Å². The van der Waals surface area contributed by atoms with Gasteiger partial charge in [-0.3, -0.25) is 9.59 Å². The standard InChI is InChI=1S/C20H24O3/c1-19(2)16(12-11-15-9-5-3-6-10-15)23-18(22)20(17(19)21)13-7-4-8-14-20/h3,5-6,9-12,16H,4,7-8,13-14H2,1-2H3/b12-11+/t16-/m0/s1. The smallest absolute Gasteiger partial charge is 0.320 e. The van der Waals surface area contributed by atoms with Gasteiger partial charge in [-0.25, -0.2) is 0 Å². The van der Waals surface area contributed by atoms with E-state index in [4.69, 9.17) is 4.74 Å². The van der Waals surface area contributed by atoms with Crippen LogP contribution in [0.4, 0.5) is 0 Å². The van der Waals surface area contributed by atoms with Crippen molar-refractivity contribution in [3.63, 3.8) is 0 Å². The van der Waals surface area contributed by atoms with Crippen LogP contribution in [0, 0.1) is 10.8 Å². The van der Waals surface area contributed by atoms with Crippen molar-refractivity contribution < 1.29 is 14.3 Å². The van der Waals surface area contributed by atoms with Crippen LogP contribution in [0.15, 0.2) is 36.4 Å². The van der Waals surface area contributed by atoms with Crippen molar-refractivity contribution in [2.75, 3.05) is 0 Å². The first-order valence-corrected chi connectivity index (χ1v) is 8.46. The highest BCUT2D eigenvalue weighted by atomic mass is 16.5. The molecule has 2 aliphatic rings. The number of esters is 1. The number of benzene rings is 1. The predicted molar refractivity (Wildman–Crippen MR) is 89.7 cm³/mol. The number of carbonyl (C=O) groups is 2. The fourth-order valence-corrected chi connectivity index (χ4v) is 3.84. The van der Waals surface area contributed by atoms with E-state index in [1.165, 1.54) is 0 Å². The molecule has 1 aliphatic carbocycles. The number of carbonyl (C=O) groups excluding carboxylic acids is 2. The lowest BCUT2D eigenvalue weighted by molar-refractivity contribution is -0.186. The molecule has 0 N–H and O–H groups in total. The zero-order valence-corrected chi connectivity index (χ0v) is 13.9. The molecule has 1 heterocycles. The highest BCUT2D eigenvalue weighted by Gasteiger charge is 2.59. The quantitative estimate of drug-likeness (QED) is 0.608. The minimum Gasteiger partial charge on any atom is -0.456 e. The zero-order valence-electron chi connectivity index (χ0n) is 13.9. The van der Waals surface area contributed by atoms with Gasteiger partial charge in [-0.1, -0.05) is 55.7 Å². The minimum absolute atomic E-state index is 0.0589. The third-order valence-electron chi connectivity index (χ3n) is 5.33. The lowest BCUT2D eigenvalue weighted by Gasteiger charge is -2.46. The van der Waals surface area contributed by atoms with Gasteiger partial charge in [-0.15, -0.1) is 0 Å². The Balaban J connectivity index is 1.86. The molecule has 0 aromatic heterocycles. The molecular formula is C20H24O3. The summed E-state index contributed by atoms with van der Waals surface area (Å²) in [7, 11) is 0. The molecule has 1 aromatic rings. The van der Waals surface area contributed by atoms with E-state index >= 15 is 0 Å². The molecule has 0 unspecified atom stereocenters. The van der Waals surface area contributed by atoms with Gasteiger partial charge in [0.25, 0.3) is 0 Å². The molecule has 3 heteroatoms. The maximum absolute atomic E-state index is 13.1. The first-order chi connectivity index (χ1) is 11.0. The molecule has 2 fully saturated rings. The van der Waals surface area contributed by atoms with E-state index in [9.17, 15) is 9.59 Å². The molecule has 23 heavy (non-hydrogen) atoms. The van der Waals surface area contributed by atoms with Crippen LogP contribution in [0.2, 0.25) is 0 Å². The van der Waals surface area contributed by atoms with Crippen molar-refractivity contribution in [3.8, 4) is 0 Å². The maximum atomic E-state index is 13.1. The second kappa shape index (κ2) is 5.95. The average molecular weight is 312 g/mol. The molecule has 0 radical (unpaired) electrons. The summed E-state index contributed by atoms with van der Waals surface area (Å²) in [6.07, 6.45) is 7.51. The Hall–Kier alpha value is -1.90. The normalized spacial score (nSPS) is 26.4. The summed E-state index contributed by atoms with van der Waals surface area (Å²) in [6.45, 7) is 3.80. The number of cyclic esters (lactones) is 1. The van der Waals surface area contributed by atoms with Crippen molar-refractivity contribution in [1.29, 1.82) is 0 Å². The van der Waals surface area contributed by atoms with Gasteiger partial charge in [0, 0.05) is 0 Å². The fraction of sp³-hybridized carbons (Fsp3) is 0.500. The molecular weight excluding hydrogens is 288 g/mol. The molecule has 0 bridgehead atoms. The minimum atomic E-state index is -0.890. The van der Waals surface area contributed by atoms with Gasteiger partial charge in [-0.05, 0) is 38.3 Å². The summed E-state index contributed by atoms with van der Waals surface area (Å²) in [5.74, 6) is -0.257. The van der Waals surface area contributed by atoms with Crippen LogP contribution in [0.5, 0.6) is 0 Å². The monoisotopic (exact) mass is 312 g/mol. The van der Waals surface area contributed by atoms with Crippen LogP contribution < -0.4 is 0 Å². The fourth-order valence-electron chi connectivity index (χ4n) is 3.84. The maximum Gasteiger partial charge on any atom is 0.320 e. The lowest BCUT2D eigenvalue weighted by atomic mass is 9.61. The van der Waals surface area contributed by atoms with Crippen molar-refractivity contribution in [2.24, 2.45) is 10.8 Å². The van der Waals surface area contributed by atoms with Crippen molar-refractivity contribution in [2.45, 2.75) is 52.1 Å². The SMILES string of the molecule is CC1(C)C(=O)C2(CCCCC2)C(=O)O[C@H]1/C=C/c1ccccc1. The van der Waals surface area contributed by atoms with E-state index in [0.29, 0.717) is 12.8 Å². The van der Waals surface area contributed by atoms with Gasteiger partial charge < -0.3 is 4.74 Å².